The van der Waals surface area contributed by atoms with E-state index in [4.69, 9.17) is 10.5 Å². The van der Waals surface area contributed by atoms with Crippen LogP contribution < -0.4 is 11.1 Å². The zero-order valence-electron chi connectivity index (χ0n) is 12.4. The van der Waals surface area contributed by atoms with E-state index in [-0.39, 0.29) is 13.0 Å². The Balaban J connectivity index is 2.62. The minimum Gasteiger partial charge on any atom is -0.459 e. The lowest BCUT2D eigenvalue weighted by molar-refractivity contribution is -0.176. The molecule has 0 saturated carbocycles. The molecule has 0 aliphatic heterocycles. The third kappa shape index (κ3) is 7.14. The van der Waals surface area contributed by atoms with Gasteiger partial charge < -0.3 is 15.8 Å². The molecular formula is C15H19F3N2O3. The van der Waals surface area contributed by atoms with E-state index in [1.165, 1.54) is 0 Å². The fourth-order valence-electron chi connectivity index (χ4n) is 1.81. The predicted molar refractivity (Wildman–Crippen MR) is 77.1 cm³/mol. The summed E-state index contributed by atoms with van der Waals surface area (Å²) in [5.74, 6) is -3.06. The van der Waals surface area contributed by atoms with Crippen LogP contribution in [0.25, 0.3) is 0 Å². The maximum atomic E-state index is 12.3. The van der Waals surface area contributed by atoms with Crippen LogP contribution in [0.3, 0.4) is 0 Å². The summed E-state index contributed by atoms with van der Waals surface area (Å²) in [5.41, 5.74) is 6.01. The first-order valence-corrected chi connectivity index (χ1v) is 7.13. The molecule has 3 N–H and O–H groups in total. The average Bonchev–Trinajstić information content (AvgIpc) is 2.51. The van der Waals surface area contributed by atoms with E-state index < -0.39 is 24.1 Å². The molecule has 0 bridgehead atoms. The van der Waals surface area contributed by atoms with Crippen LogP contribution in [-0.4, -0.2) is 30.6 Å². The Morgan fingerprint density at radius 1 is 1.17 bits per heavy atom. The summed E-state index contributed by atoms with van der Waals surface area (Å²) < 4.78 is 42.0. The van der Waals surface area contributed by atoms with Crippen LogP contribution in [0.1, 0.15) is 24.8 Å². The summed E-state index contributed by atoms with van der Waals surface area (Å²) in [6.07, 6.45) is -4.08. The lowest BCUT2D eigenvalue weighted by atomic mass is 10.1. The number of nitrogens with one attached hydrogen (secondary N) is 1. The van der Waals surface area contributed by atoms with Crippen LogP contribution in [0.2, 0.25) is 0 Å². The molecule has 1 rings (SSSR count). The van der Waals surface area contributed by atoms with Gasteiger partial charge in [0.15, 0.2) is 0 Å². The van der Waals surface area contributed by atoms with E-state index in [1.807, 2.05) is 0 Å². The third-order valence-electron chi connectivity index (χ3n) is 3.02. The second-order valence-electron chi connectivity index (χ2n) is 4.90. The number of benzene rings is 1. The standard InChI is InChI=1S/C15H19F3N2O3/c16-15(17,18)14(22)20-12(8-4-5-9-19)13(21)23-10-11-6-2-1-3-7-11/h1-3,6-7,12H,4-5,8-10,19H2,(H,20,22)/t12-/m0/s1. The highest BCUT2D eigenvalue weighted by atomic mass is 19.4. The van der Waals surface area contributed by atoms with Gasteiger partial charge in [0.1, 0.15) is 12.6 Å². The number of esters is 1. The monoisotopic (exact) mass is 332 g/mol. The van der Waals surface area contributed by atoms with E-state index in [0.717, 1.165) is 0 Å². The van der Waals surface area contributed by atoms with Gasteiger partial charge in [-0.05, 0) is 31.4 Å². The van der Waals surface area contributed by atoms with Gasteiger partial charge in [0.2, 0.25) is 0 Å². The highest BCUT2D eigenvalue weighted by molar-refractivity contribution is 5.87. The van der Waals surface area contributed by atoms with Gasteiger partial charge in [-0.2, -0.15) is 13.2 Å². The zero-order chi connectivity index (χ0) is 17.3. The first-order chi connectivity index (χ1) is 10.8. The van der Waals surface area contributed by atoms with E-state index in [1.54, 1.807) is 35.6 Å². The van der Waals surface area contributed by atoms with Crippen molar-refractivity contribution in [1.82, 2.24) is 5.32 Å². The van der Waals surface area contributed by atoms with Crippen LogP contribution >= 0.6 is 0 Å². The van der Waals surface area contributed by atoms with E-state index in [0.29, 0.717) is 24.9 Å². The molecule has 5 nitrogen and oxygen atoms in total. The molecule has 1 atom stereocenters. The van der Waals surface area contributed by atoms with E-state index in [2.05, 4.69) is 0 Å². The minimum atomic E-state index is -5.05. The fraction of sp³-hybridized carbons (Fsp3) is 0.467. The molecule has 0 aliphatic rings. The normalized spacial score (nSPS) is 12.5. The van der Waals surface area contributed by atoms with Crippen LogP contribution in [0.5, 0.6) is 0 Å². The minimum absolute atomic E-state index is 0.0344. The molecule has 0 radical (unpaired) electrons. The quantitative estimate of drug-likeness (QED) is 0.563. The molecule has 0 saturated heterocycles. The molecular weight excluding hydrogens is 313 g/mol. The summed E-state index contributed by atoms with van der Waals surface area (Å²) in [6.45, 7) is 0.272. The Kier molecular flexibility index (Phi) is 7.53. The molecule has 0 unspecified atom stereocenters. The highest BCUT2D eigenvalue weighted by Crippen LogP contribution is 2.16. The number of ether oxygens (including phenoxy) is 1. The van der Waals surface area contributed by atoms with Gasteiger partial charge in [0.25, 0.3) is 0 Å². The molecule has 0 aromatic heterocycles. The molecule has 128 valence electrons. The van der Waals surface area contributed by atoms with Gasteiger partial charge in [-0.25, -0.2) is 4.79 Å². The summed E-state index contributed by atoms with van der Waals surface area (Å²) in [4.78, 5) is 23.0. The number of hydrogen-bond donors (Lipinski definition) is 2. The number of halogens is 3. The number of rotatable bonds is 8. The van der Waals surface area contributed by atoms with Crippen molar-refractivity contribution < 1.29 is 27.5 Å². The van der Waals surface area contributed by atoms with Crippen molar-refractivity contribution >= 4 is 11.9 Å². The Labute approximate surface area is 132 Å². The first kappa shape index (κ1) is 19.0. The van der Waals surface area contributed by atoms with Crippen molar-refractivity contribution in [3.05, 3.63) is 35.9 Å². The molecule has 0 spiro atoms. The van der Waals surface area contributed by atoms with E-state index in [9.17, 15) is 22.8 Å². The molecule has 0 aliphatic carbocycles. The second kappa shape index (κ2) is 9.14. The Morgan fingerprint density at radius 2 is 1.83 bits per heavy atom. The van der Waals surface area contributed by atoms with Crippen LogP contribution in [0.4, 0.5) is 13.2 Å². The molecule has 0 fully saturated rings. The number of nitrogens with two attached hydrogens (primary N) is 1. The van der Waals surface area contributed by atoms with Gasteiger partial charge in [-0.3, -0.25) is 4.79 Å². The Hall–Kier alpha value is -2.09. The molecule has 1 amide bonds. The molecule has 0 heterocycles. The number of carbonyl (C=O) groups is 2. The number of alkyl halides is 3. The van der Waals surface area contributed by atoms with Gasteiger partial charge in [-0.1, -0.05) is 30.3 Å². The molecule has 1 aromatic carbocycles. The SMILES string of the molecule is NCCCC[C@H](NC(=O)C(F)(F)F)C(=O)OCc1ccccc1. The van der Waals surface area contributed by atoms with Crippen molar-refractivity contribution in [1.29, 1.82) is 0 Å². The average molecular weight is 332 g/mol. The lowest BCUT2D eigenvalue weighted by Gasteiger charge is -2.18. The number of unbranched alkanes of at least 4 members (excludes halogenated alkanes) is 1. The fourth-order valence-corrected chi connectivity index (χ4v) is 1.81. The zero-order valence-corrected chi connectivity index (χ0v) is 12.4. The van der Waals surface area contributed by atoms with Crippen molar-refractivity contribution in [2.75, 3.05) is 6.54 Å². The lowest BCUT2D eigenvalue weighted by Crippen LogP contribution is -2.47. The van der Waals surface area contributed by atoms with E-state index >= 15 is 0 Å². The third-order valence-corrected chi connectivity index (χ3v) is 3.02. The molecule has 23 heavy (non-hydrogen) atoms. The number of amides is 1. The van der Waals surface area contributed by atoms with Crippen LogP contribution in [0.15, 0.2) is 30.3 Å². The first-order valence-electron chi connectivity index (χ1n) is 7.13. The van der Waals surface area contributed by atoms with Crippen molar-refractivity contribution in [3.63, 3.8) is 0 Å². The van der Waals surface area contributed by atoms with Gasteiger partial charge in [0.05, 0.1) is 0 Å². The number of hydrogen-bond acceptors (Lipinski definition) is 4. The van der Waals surface area contributed by atoms with Crippen molar-refractivity contribution in [2.24, 2.45) is 5.73 Å². The number of carbonyl (C=O) groups excluding carboxylic acids is 2. The molecule has 8 heteroatoms. The largest absolute Gasteiger partial charge is 0.471 e. The maximum Gasteiger partial charge on any atom is 0.471 e. The summed E-state index contributed by atoms with van der Waals surface area (Å²) in [7, 11) is 0. The van der Waals surface area contributed by atoms with Gasteiger partial charge in [0, 0.05) is 0 Å². The Bertz CT molecular complexity index is 506. The molecule has 1 aromatic rings. The van der Waals surface area contributed by atoms with Gasteiger partial charge in [-0.15, -0.1) is 0 Å². The van der Waals surface area contributed by atoms with Crippen LogP contribution in [-0.2, 0) is 20.9 Å². The van der Waals surface area contributed by atoms with Gasteiger partial charge >= 0.3 is 18.1 Å². The summed E-state index contributed by atoms with van der Waals surface area (Å²) in [5, 5.41) is 1.67. The second-order valence-corrected chi connectivity index (χ2v) is 4.90. The van der Waals surface area contributed by atoms with Crippen LogP contribution in [0, 0.1) is 0 Å². The summed E-state index contributed by atoms with van der Waals surface area (Å²) in [6, 6.07) is 7.35. The predicted octanol–water partition coefficient (Wildman–Crippen LogP) is 1.91. The van der Waals surface area contributed by atoms with Crippen molar-refractivity contribution in [2.45, 2.75) is 38.1 Å². The highest BCUT2D eigenvalue weighted by Gasteiger charge is 2.40. The smallest absolute Gasteiger partial charge is 0.459 e. The Morgan fingerprint density at radius 3 is 2.39 bits per heavy atom. The topological polar surface area (TPSA) is 81.4 Å². The van der Waals surface area contributed by atoms with Crippen molar-refractivity contribution in [3.8, 4) is 0 Å². The summed E-state index contributed by atoms with van der Waals surface area (Å²) >= 11 is 0. The maximum absolute atomic E-state index is 12.3.